The summed E-state index contributed by atoms with van der Waals surface area (Å²) in [6, 6.07) is 11.7. The number of ether oxygens (including phenoxy) is 1. The Morgan fingerprint density at radius 3 is 2.35 bits per heavy atom. The average Bonchev–Trinajstić information content (AvgIpc) is 3.04. The van der Waals surface area contributed by atoms with Gasteiger partial charge >= 0.3 is 6.18 Å². The van der Waals surface area contributed by atoms with Crippen LogP contribution in [-0.4, -0.2) is 17.3 Å². The third-order valence-electron chi connectivity index (χ3n) is 3.23. The maximum atomic E-state index is 12.6. The highest BCUT2D eigenvalue weighted by Crippen LogP contribution is 2.32. The lowest BCUT2D eigenvalue weighted by molar-refractivity contribution is -0.137. The Bertz CT molecular complexity index is 811. The third kappa shape index (κ3) is 3.03. The topological polar surface area (TPSA) is 48.2 Å². The minimum absolute atomic E-state index is 0.208. The van der Waals surface area contributed by atoms with Gasteiger partial charge < -0.3 is 9.26 Å². The molecule has 1 aromatic heterocycles. The van der Waals surface area contributed by atoms with Crippen molar-refractivity contribution in [2.24, 2.45) is 0 Å². The van der Waals surface area contributed by atoms with Crippen molar-refractivity contribution >= 4 is 0 Å². The lowest BCUT2D eigenvalue weighted by atomic mass is 10.1. The largest absolute Gasteiger partial charge is 0.496 e. The number of hydrogen-bond acceptors (Lipinski definition) is 4. The van der Waals surface area contributed by atoms with Gasteiger partial charge in [-0.15, -0.1) is 0 Å². The molecule has 23 heavy (non-hydrogen) atoms. The van der Waals surface area contributed by atoms with Crippen LogP contribution in [0.15, 0.2) is 53.1 Å². The molecule has 0 aliphatic heterocycles. The fourth-order valence-electron chi connectivity index (χ4n) is 2.08. The van der Waals surface area contributed by atoms with Crippen LogP contribution >= 0.6 is 0 Å². The van der Waals surface area contributed by atoms with E-state index in [1.165, 1.54) is 19.2 Å². The lowest BCUT2D eigenvalue weighted by Gasteiger charge is -2.05. The molecule has 0 spiro atoms. The first-order chi connectivity index (χ1) is 11.0. The Morgan fingerprint density at radius 2 is 1.70 bits per heavy atom. The van der Waals surface area contributed by atoms with Crippen LogP contribution in [0.3, 0.4) is 0 Å². The molecule has 0 unspecified atom stereocenters. The van der Waals surface area contributed by atoms with Crippen LogP contribution in [0, 0.1) is 0 Å². The van der Waals surface area contributed by atoms with Gasteiger partial charge in [0.2, 0.25) is 5.82 Å². The quantitative estimate of drug-likeness (QED) is 0.716. The molecular formula is C16H11F3N2O2. The molecule has 0 aliphatic rings. The molecule has 1 heterocycles. The van der Waals surface area contributed by atoms with Gasteiger partial charge in [0.15, 0.2) is 0 Å². The smallest absolute Gasteiger partial charge is 0.416 e. The molecule has 118 valence electrons. The number of nitrogens with zero attached hydrogens (tertiary/aromatic N) is 2. The van der Waals surface area contributed by atoms with Gasteiger partial charge in [0.05, 0.1) is 18.2 Å². The number of methoxy groups -OCH3 is 1. The Hall–Kier alpha value is -2.83. The standard InChI is InChI=1S/C16H11F3N2O2/c1-22-13-5-3-2-4-12(13)15-20-14(21-23-15)10-6-8-11(9-7-10)16(17,18)19/h2-9H,1H3. The highest BCUT2D eigenvalue weighted by Gasteiger charge is 2.30. The van der Waals surface area contributed by atoms with E-state index in [0.29, 0.717) is 16.9 Å². The Kier molecular flexibility index (Phi) is 3.77. The van der Waals surface area contributed by atoms with Crippen molar-refractivity contribution < 1.29 is 22.4 Å². The molecule has 2 aromatic carbocycles. The summed E-state index contributed by atoms with van der Waals surface area (Å²) in [5.74, 6) is 1.01. The number of aromatic nitrogens is 2. The van der Waals surface area contributed by atoms with Crippen molar-refractivity contribution in [1.29, 1.82) is 0 Å². The highest BCUT2D eigenvalue weighted by atomic mass is 19.4. The van der Waals surface area contributed by atoms with Gasteiger partial charge in [-0.1, -0.05) is 29.4 Å². The van der Waals surface area contributed by atoms with Crippen molar-refractivity contribution in [2.75, 3.05) is 7.11 Å². The second-order valence-corrected chi connectivity index (χ2v) is 4.70. The molecule has 0 amide bonds. The summed E-state index contributed by atoms with van der Waals surface area (Å²) in [6.45, 7) is 0. The maximum Gasteiger partial charge on any atom is 0.416 e. The molecule has 0 atom stereocenters. The van der Waals surface area contributed by atoms with Gasteiger partial charge in [-0.3, -0.25) is 0 Å². The minimum Gasteiger partial charge on any atom is -0.496 e. The van der Waals surface area contributed by atoms with Crippen LogP contribution in [-0.2, 0) is 6.18 Å². The molecular weight excluding hydrogens is 309 g/mol. The number of rotatable bonds is 3. The van der Waals surface area contributed by atoms with Crippen LogP contribution in [0.2, 0.25) is 0 Å². The molecule has 3 aromatic rings. The summed E-state index contributed by atoms with van der Waals surface area (Å²) >= 11 is 0. The van der Waals surface area contributed by atoms with Crippen LogP contribution in [0.25, 0.3) is 22.8 Å². The summed E-state index contributed by atoms with van der Waals surface area (Å²) in [6.07, 6.45) is -4.38. The van der Waals surface area contributed by atoms with Crippen LogP contribution in [0.5, 0.6) is 5.75 Å². The summed E-state index contributed by atoms with van der Waals surface area (Å²) in [5, 5.41) is 3.81. The first-order valence-corrected chi connectivity index (χ1v) is 6.64. The van der Waals surface area contributed by atoms with Crippen LogP contribution < -0.4 is 4.74 Å². The molecule has 0 bridgehead atoms. The molecule has 0 saturated carbocycles. The number of benzene rings is 2. The number of para-hydroxylation sites is 1. The molecule has 0 radical (unpaired) electrons. The molecule has 0 N–H and O–H groups in total. The summed E-state index contributed by atoms with van der Waals surface area (Å²) < 4.78 is 48.1. The fraction of sp³-hybridized carbons (Fsp3) is 0.125. The van der Waals surface area contributed by atoms with Crippen molar-refractivity contribution in [2.45, 2.75) is 6.18 Å². The Balaban J connectivity index is 1.93. The summed E-state index contributed by atoms with van der Waals surface area (Å²) in [7, 11) is 1.52. The monoisotopic (exact) mass is 320 g/mol. The summed E-state index contributed by atoms with van der Waals surface area (Å²) in [5.41, 5.74) is 0.318. The normalized spacial score (nSPS) is 11.5. The van der Waals surface area contributed by atoms with E-state index in [4.69, 9.17) is 9.26 Å². The second kappa shape index (κ2) is 5.75. The van der Waals surface area contributed by atoms with E-state index in [1.807, 2.05) is 0 Å². The SMILES string of the molecule is COc1ccccc1-c1nc(-c2ccc(C(F)(F)F)cc2)no1. The Morgan fingerprint density at radius 1 is 1.00 bits per heavy atom. The molecule has 0 fully saturated rings. The summed E-state index contributed by atoms with van der Waals surface area (Å²) in [4.78, 5) is 4.21. The molecule has 0 saturated heterocycles. The lowest BCUT2D eigenvalue weighted by Crippen LogP contribution is -2.04. The van der Waals surface area contributed by atoms with E-state index in [9.17, 15) is 13.2 Å². The van der Waals surface area contributed by atoms with Gasteiger partial charge in [0, 0.05) is 5.56 Å². The molecule has 7 heteroatoms. The molecule has 4 nitrogen and oxygen atoms in total. The maximum absolute atomic E-state index is 12.6. The minimum atomic E-state index is -4.38. The van der Waals surface area contributed by atoms with E-state index >= 15 is 0 Å². The van der Waals surface area contributed by atoms with E-state index in [0.717, 1.165) is 12.1 Å². The fourth-order valence-corrected chi connectivity index (χ4v) is 2.08. The average molecular weight is 320 g/mol. The first-order valence-electron chi connectivity index (χ1n) is 6.64. The number of halogens is 3. The van der Waals surface area contributed by atoms with Crippen molar-refractivity contribution in [3.05, 3.63) is 54.1 Å². The second-order valence-electron chi connectivity index (χ2n) is 4.70. The van der Waals surface area contributed by atoms with E-state index in [1.54, 1.807) is 24.3 Å². The van der Waals surface area contributed by atoms with Gasteiger partial charge in [0.25, 0.3) is 5.89 Å². The van der Waals surface area contributed by atoms with Gasteiger partial charge in [-0.05, 0) is 24.3 Å². The van der Waals surface area contributed by atoms with E-state index < -0.39 is 11.7 Å². The predicted octanol–water partition coefficient (Wildman–Crippen LogP) is 4.43. The first kappa shape index (κ1) is 15.1. The predicted molar refractivity (Wildman–Crippen MR) is 76.7 cm³/mol. The van der Waals surface area contributed by atoms with E-state index in [-0.39, 0.29) is 11.7 Å². The van der Waals surface area contributed by atoms with Gasteiger partial charge in [0.1, 0.15) is 5.75 Å². The van der Waals surface area contributed by atoms with Gasteiger partial charge in [-0.2, -0.15) is 18.2 Å². The van der Waals surface area contributed by atoms with Gasteiger partial charge in [-0.25, -0.2) is 0 Å². The Labute approximate surface area is 129 Å². The van der Waals surface area contributed by atoms with Crippen molar-refractivity contribution in [3.8, 4) is 28.6 Å². The number of hydrogen-bond donors (Lipinski definition) is 0. The molecule has 3 rings (SSSR count). The van der Waals surface area contributed by atoms with Crippen molar-refractivity contribution in [3.63, 3.8) is 0 Å². The third-order valence-corrected chi connectivity index (χ3v) is 3.23. The zero-order valence-corrected chi connectivity index (χ0v) is 12.0. The zero-order valence-electron chi connectivity index (χ0n) is 12.0. The van der Waals surface area contributed by atoms with Crippen LogP contribution in [0.4, 0.5) is 13.2 Å². The zero-order chi connectivity index (χ0) is 16.4. The molecule has 0 aliphatic carbocycles. The number of alkyl halides is 3. The highest BCUT2D eigenvalue weighted by molar-refractivity contribution is 5.65. The van der Waals surface area contributed by atoms with Crippen molar-refractivity contribution in [1.82, 2.24) is 10.1 Å². The van der Waals surface area contributed by atoms with E-state index in [2.05, 4.69) is 10.1 Å². The van der Waals surface area contributed by atoms with Crippen LogP contribution in [0.1, 0.15) is 5.56 Å².